The van der Waals surface area contributed by atoms with E-state index in [-0.39, 0.29) is 15.7 Å². The van der Waals surface area contributed by atoms with Gasteiger partial charge in [-0.25, -0.2) is 25.3 Å². The zero-order chi connectivity index (χ0) is 32.7. The van der Waals surface area contributed by atoms with Gasteiger partial charge in [-0.15, -0.1) is 0 Å². The highest BCUT2D eigenvalue weighted by Gasteiger charge is 2.35. The lowest BCUT2D eigenvalue weighted by Gasteiger charge is -2.37. The van der Waals surface area contributed by atoms with E-state index in [1.54, 1.807) is 0 Å². The van der Waals surface area contributed by atoms with Gasteiger partial charge in [0.05, 0.1) is 15.7 Å². The van der Waals surface area contributed by atoms with Crippen LogP contribution in [0.2, 0.25) is 0 Å². The molecule has 0 heterocycles. The van der Waals surface area contributed by atoms with E-state index in [1.807, 2.05) is 0 Å². The molecule has 0 radical (unpaired) electrons. The molecular formula is C33H60O6S6. The Labute approximate surface area is 287 Å². The lowest BCUT2D eigenvalue weighted by Crippen LogP contribution is -2.28. The second-order valence-electron chi connectivity index (χ2n) is 15.2. The molecule has 0 amide bonds. The molecule has 0 aliphatic heterocycles. The average molecular weight is 745 g/mol. The van der Waals surface area contributed by atoms with E-state index in [0.717, 1.165) is 137 Å². The molecule has 12 heteroatoms. The molecule has 4 aliphatic rings. The molecule has 264 valence electrons. The van der Waals surface area contributed by atoms with Crippen molar-refractivity contribution >= 4 is 59.0 Å². The Balaban J connectivity index is 1.29. The van der Waals surface area contributed by atoms with Crippen LogP contribution in [0.15, 0.2) is 0 Å². The minimum Gasteiger partial charge on any atom is -0.217 e. The summed E-state index contributed by atoms with van der Waals surface area (Å²) in [5.41, 5.74) is 0. The molecule has 4 rings (SSSR count). The fourth-order valence-corrected chi connectivity index (χ4v) is 19.7. The lowest BCUT2D eigenvalue weighted by molar-refractivity contribution is 0.169. The van der Waals surface area contributed by atoms with Crippen LogP contribution in [0.1, 0.15) is 136 Å². The minimum atomic E-state index is -3.17. The molecule has 3 unspecified atom stereocenters. The Kier molecular flexibility index (Phi) is 15.2. The second kappa shape index (κ2) is 17.7. The molecule has 0 bridgehead atoms. The predicted molar refractivity (Wildman–Crippen MR) is 197 cm³/mol. The van der Waals surface area contributed by atoms with Crippen LogP contribution < -0.4 is 0 Å². The third-order valence-corrected chi connectivity index (χ3v) is 24.6. The van der Waals surface area contributed by atoms with E-state index in [1.165, 1.54) is 10.8 Å². The van der Waals surface area contributed by atoms with Gasteiger partial charge in [-0.05, 0) is 177 Å². The van der Waals surface area contributed by atoms with E-state index >= 15 is 0 Å². The Morgan fingerprint density at radius 1 is 0.422 bits per heavy atom. The molecule has 4 aliphatic carbocycles. The Morgan fingerprint density at radius 3 is 1.13 bits per heavy atom. The van der Waals surface area contributed by atoms with Crippen molar-refractivity contribution in [3.8, 4) is 0 Å². The van der Waals surface area contributed by atoms with Crippen molar-refractivity contribution in [2.75, 3.05) is 17.3 Å². The van der Waals surface area contributed by atoms with Crippen molar-refractivity contribution in [3.05, 3.63) is 0 Å². The maximum atomic E-state index is 13.1. The van der Waals surface area contributed by atoms with Crippen molar-refractivity contribution < 1.29 is 25.3 Å². The molecule has 4 fully saturated rings. The largest absolute Gasteiger partial charge is 0.217 e. The van der Waals surface area contributed by atoms with Gasteiger partial charge in [-0.1, -0.05) is 27.2 Å². The van der Waals surface area contributed by atoms with Crippen molar-refractivity contribution in [1.82, 2.24) is 0 Å². The van der Waals surface area contributed by atoms with Gasteiger partial charge in [0.2, 0.25) is 26.6 Å². The van der Waals surface area contributed by atoms with Gasteiger partial charge in [0.15, 0.2) is 0 Å². The van der Waals surface area contributed by atoms with Crippen LogP contribution in [0.25, 0.3) is 0 Å². The van der Waals surface area contributed by atoms with E-state index in [2.05, 4.69) is 20.8 Å². The van der Waals surface area contributed by atoms with Crippen LogP contribution >= 0.6 is 32.4 Å². The predicted octanol–water partition coefficient (Wildman–Crippen LogP) is 9.11. The topological polar surface area (TPSA) is 102 Å². The van der Waals surface area contributed by atoms with Crippen LogP contribution in [-0.2, 0) is 26.6 Å². The maximum Gasteiger partial charge on any atom is 0.204 e. The molecule has 0 spiro atoms. The molecule has 3 atom stereocenters. The molecule has 0 aromatic heterocycles. The number of hydrogen-bond donors (Lipinski definition) is 0. The van der Waals surface area contributed by atoms with Gasteiger partial charge in [-0.3, -0.25) is 0 Å². The second-order valence-corrected chi connectivity index (χ2v) is 28.3. The minimum absolute atomic E-state index is 0.195. The zero-order valence-electron chi connectivity index (χ0n) is 27.9. The van der Waals surface area contributed by atoms with Gasteiger partial charge in [-0.2, -0.15) is 0 Å². The standard InChI is InChI=1S/C33H60O6S6/c1-25-4-12-31(13-5-25)43(34,35)40-21-18-28-10-11-29(19-22-41-44(36,37)32-14-6-26(2)7-15-32)30(24-28)20-23-42-45(38,39)33-16-8-27(3)9-17-33/h25-33H,4-24H2,1-3H3. The van der Waals surface area contributed by atoms with Gasteiger partial charge in [0, 0.05) is 17.3 Å². The Morgan fingerprint density at radius 2 is 0.756 bits per heavy atom. The summed E-state index contributed by atoms with van der Waals surface area (Å²) in [6.45, 7) is 6.63. The molecule has 4 saturated carbocycles. The van der Waals surface area contributed by atoms with E-state index in [9.17, 15) is 25.3 Å². The first-order valence-electron chi connectivity index (χ1n) is 17.9. The van der Waals surface area contributed by atoms with Crippen LogP contribution in [0, 0.1) is 35.5 Å². The summed E-state index contributed by atoms with van der Waals surface area (Å²) in [6, 6.07) is 0. The summed E-state index contributed by atoms with van der Waals surface area (Å²) in [7, 11) is -5.97. The van der Waals surface area contributed by atoms with Gasteiger partial charge in [0.1, 0.15) is 0 Å². The fraction of sp³-hybridized carbons (Fsp3) is 1.00. The summed E-state index contributed by atoms with van der Waals surface area (Å²) < 4.78 is 78.5. The third kappa shape index (κ3) is 12.0. The van der Waals surface area contributed by atoms with Gasteiger partial charge < -0.3 is 0 Å². The summed E-state index contributed by atoms with van der Waals surface area (Å²) in [6.07, 6.45) is 16.3. The van der Waals surface area contributed by atoms with E-state index in [4.69, 9.17) is 0 Å². The van der Waals surface area contributed by atoms with Crippen molar-refractivity contribution in [2.24, 2.45) is 35.5 Å². The van der Waals surface area contributed by atoms with E-state index in [0.29, 0.717) is 52.8 Å². The molecular weight excluding hydrogens is 685 g/mol. The van der Waals surface area contributed by atoms with Crippen molar-refractivity contribution in [1.29, 1.82) is 0 Å². The molecule has 0 N–H and O–H groups in total. The number of hydrogen-bond acceptors (Lipinski definition) is 9. The lowest BCUT2D eigenvalue weighted by atomic mass is 9.71. The number of rotatable bonds is 15. The Hall–Kier alpha value is 0.900. The normalized spacial score (nSPS) is 35.7. The summed E-state index contributed by atoms with van der Waals surface area (Å²) in [5, 5.41) is -0.621. The highest BCUT2D eigenvalue weighted by molar-refractivity contribution is 8.72. The quantitative estimate of drug-likeness (QED) is 0.152. The smallest absolute Gasteiger partial charge is 0.204 e. The molecule has 0 saturated heterocycles. The summed E-state index contributed by atoms with van der Waals surface area (Å²) >= 11 is 0. The first-order valence-corrected chi connectivity index (χ1v) is 27.0. The van der Waals surface area contributed by atoms with Crippen LogP contribution in [0.5, 0.6) is 0 Å². The van der Waals surface area contributed by atoms with E-state index < -0.39 is 26.6 Å². The average Bonchev–Trinajstić information content (AvgIpc) is 2.98. The first-order chi connectivity index (χ1) is 21.2. The van der Waals surface area contributed by atoms with Crippen molar-refractivity contribution in [3.63, 3.8) is 0 Å². The summed E-state index contributed by atoms with van der Waals surface area (Å²) in [4.78, 5) is 0. The SMILES string of the molecule is CC1CCC(S(=O)(=O)SCCC2CCC(CCSS(=O)(=O)C3CCC(C)CC3)C(CCSS(=O)(=O)C3CCC(C)CC3)C2)CC1. The summed E-state index contributed by atoms with van der Waals surface area (Å²) in [5.74, 6) is 4.91. The van der Waals surface area contributed by atoms with Gasteiger partial charge >= 0.3 is 0 Å². The fourth-order valence-electron chi connectivity index (χ4n) is 8.23. The van der Waals surface area contributed by atoms with Crippen LogP contribution in [0.4, 0.5) is 0 Å². The van der Waals surface area contributed by atoms with Crippen LogP contribution in [-0.4, -0.2) is 58.3 Å². The first kappa shape index (κ1) is 38.7. The molecule has 0 aromatic rings. The highest BCUT2D eigenvalue weighted by atomic mass is 33.1. The monoisotopic (exact) mass is 744 g/mol. The van der Waals surface area contributed by atoms with Crippen molar-refractivity contribution in [2.45, 2.75) is 152 Å². The third-order valence-electron chi connectivity index (χ3n) is 11.6. The van der Waals surface area contributed by atoms with Crippen LogP contribution in [0.3, 0.4) is 0 Å². The maximum absolute atomic E-state index is 13.1. The molecule has 6 nitrogen and oxygen atoms in total. The van der Waals surface area contributed by atoms with Gasteiger partial charge in [0.25, 0.3) is 0 Å². The zero-order valence-corrected chi connectivity index (χ0v) is 32.8. The Bertz CT molecular complexity index is 1210. The highest BCUT2D eigenvalue weighted by Crippen LogP contribution is 2.43. The molecule has 0 aromatic carbocycles. The molecule has 45 heavy (non-hydrogen) atoms.